The Balaban J connectivity index is 1.35. The van der Waals surface area contributed by atoms with Crippen molar-refractivity contribution in [2.75, 3.05) is 0 Å². The van der Waals surface area contributed by atoms with E-state index in [1.165, 1.54) is 30.3 Å². The van der Waals surface area contributed by atoms with Crippen LogP contribution >= 0.6 is 11.8 Å². The molecule has 1 amide bonds. The second-order valence-corrected chi connectivity index (χ2v) is 10.3. The van der Waals surface area contributed by atoms with Crippen LogP contribution in [-0.2, 0) is 11.4 Å². The molecule has 1 saturated heterocycles. The van der Waals surface area contributed by atoms with E-state index < -0.39 is 0 Å². The molecule has 3 aromatic carbocycles. The topological polar surface area (TPSA) is 41.9 Å². The van der Waals surface area contributed by atoms with E-state index in [-0.39, 0.29) is 17.8 Å². The zero-order chi connectivity index (χ0) is 24.9. The lowest BCUT2D eigenvalue weighted by molar-refractivity contribution is -0.124. The van der Waals surface area contributed by atoms with E-state index in [0.29, 0.717) is 23.2 Å². The maximum Gasteiger partial charge on any atom is 0.267 e. The molecule has 2 aliphatic rings. The molecule has 1 saturated carbocycles. The molecule has 0 N–H and O–H groups in total. The van der Waals surface area contributed by atoms with E-state index in [1.807, 2.05) is 71.6 Å². The summed E-state index contributed by atoms with van der Waals surface area (Å²) in [6.45, 7) is 2.53. The summed E-state index contributed by atoms with van der Waals surface area (Å²) in [4.78, 5) is 21.1. The third kappa shape index (κ3) is 5.71. The summed E-state index contributed by atoms with van der Waals surface area (Å²) in [5, 5.41) is 0.756. The Hall–Kier alpha value is -3.38. The third-order valence-corrected chi connectivity index (χ3v) is 7.67. The number of hydrogen-bond acceptors (Lipinski definition) is 4. The smallest absolute Gasteiger partial charge is 0.267 e. The average Bonchev–Trinajstić information content (AvgIpc) is 3.18. The molecule has 0 bridgehead atoms. The van der Waals surface area contributed by atoms with Crippen LogP contribution < -0.4 is 4.74 Å². The number of carbonyl (C=O) groups is 1. The van der Waals surface area contributed by atoms with Gasteiger partial charge in [0, 0.05) is 6.04 Å². The monoisotopic (exact) mass is 500 g/mol. The predicted molar refractivity (Wildman–Crippen MR) is 145 cm³/mol. The Bertz CT molecular complexity index is 1270. The van der Waals surface area contributed by atoms with E-state index in [0.717, 1.165) is 41.2 Å². The van der Waals surface area contributed by atoms with Gasteiger partial charge in [0.25, 0.3) is 5.91 Å². The van der Waals surface area contributed by atoms with Gasteiger partial charge in [-0.1, -0.05) is 62.2 Å². The summed E-state index contributed by atoms with van der Waals surface area (Å²) in [7, 11) is 0. The molecular formula is C30H29FN2O2S. The lowest BCUT2D eigenvalue weighted by Crippen LogP contribution is -2.44. The lowest BCUT2D eigenvalue weighted by atomic mass is 9.85. The van der Waals surface area contributed by atoms with Gasteiger partial charge in [-0.25, -0.2) is 9.38 Å². The number of aliphatic imine (C=N–C) groups is 1. The summed E-state index contributed by atoms with van der Waals surface area (Å²) in [5.41, 5.74) is 2.54. The summed E-state index contributed by atoms with van der Waals surface area (Å²) in [5.74, 6) is 0.887. The Labute approximate surface area is 215 Å². The molecule has 0 spiro atoms. The standard InChI is InChI=1S/C30H29FN2O2S/c1-21-8-5-6-13-27(21)33-29(34)28(36-30(33)32-25-11-3-2-4-12-25)19-22-14-16-26(17-15-22)35-20-23-9-7-10-24(31)18-23/h2-4,7,9-12,14-19,21,27H,5-6,8,13,20H2,1H3/b28-19-,32-30?/t21-,27+/m0/s1. The van der Waals surface area contributed by atoms with Crippen molar-refractivity contribution in [1.82, 2.24) is 4.90 Å². The predicted octanol–water partition coefficient (Wildman–Crippen LogP) is 7.59. The summed E-state index contributed by atoms with van der Waals surface area (Å²) in [6.07, 6.45) is 6.42. The van der Waals surface area contributed by atoms with Crippen LogP contribution in [0.3, 0.4) is 0 Å². The first kappa shape index (κ1) is 24.3. The fourth-order valence-corrected chi connectivity index (χ4v) is 5.80. The fourth-order valence-electron chi connectivity index (χ4n) is 4.76. The highest BCUT2D eigenvalue weighted by Gasteiger charge is 2.41. The van der Waals surface area contributed by atoms with Crippen LogP contribution in [0.15, 0.2) is 88.8 Å². The second-order valence-electron chi connectivity index (χ2n) is 9.33. The molecular weight excluding hydrogens is 471 g/mol. The first-order valence-corrected chi connectivity index (χ1v) is 13.2. The Morgan fingerprint density at radius 3 is 2.56 bits per heavy atom. The normalized spacial score (nSPS) is 22.4. The molecule has 36 heavy (non-hydrogen) atoms. The lowest BCUT2D eigenvalue weighted by Gasteiger charge is -2.35. The summed E-state index contributed by atoms with van der Waals surface area (Å²) >= 11 is 1.45. The van der Waals surface area contributed by atoms with E-state index in [4.69, 9.17) is 9.73 Å². The number of para-hydroxylation sites is 1. The van der Waals surface area contributed by atoms with Crippen molar-refractivity contribution in [3.63, 3.8) is 0 Å². The molecule has 2 atom stereocenters. The summed E-state index contributed by atoms with van der Waals surface area (Å²) < 4.78 is 19.2. The minimum atomic E-state index is -0.274. The van der Waals surface area contributed by atoms with Gasteiger partial charge in [-0.15, -0.1) is 0 Å². The van der Waals surface area contributed by atoms with Crippen molar-refractivity contribution in [3.8, 4) is 5.75 Å². The zero-order valence-corrected chi connectivity index (χ0v) is 21.1. The molecule has 5 rings (SSSR count). The van der Waals surface area contributed by atoms with Gasteiger partial charge < -0.3 is 4.74 Å². The Morgan fingerprint density at radius 2 is 1.81 bits per heavy atom. The van der Waals surface area contributed by atoms with Crippen LogP contribution in [0.2, 0.25) is 0 Å². The van der Waals surface area contributed by atoms with Crippen molar-refractivity contribution >= 4 is 34.6 Å². The molecule has 6 heteroatoms. The number of halogens is 1. The molecule has 1 aliphatic carbocycles. The maximum atomic E-state index is 13.6. The summed E-state index contributed by atoms with van der Waals surface area (Å²) in [6, 6.07) is 24.0. The van der Waals surface area contributed by atoms with Gasteiger partial charge >= 0.3 is 0 Å². The van der Waals surface area contributed by atoms with Crippen LogP contribution in [-0.4, -0.2) is 22.0 Å². The van der Waals surface area contributed by atoms with Crippen LogP contribution in [0, 0.1) is 11.7 Å². The van der Waals surface area contributed by atoms with Crippen LogP contribution in [0.5, 0.6) is 5.75 Å². The molecule has 2 fully saturated rings. The van der Waals surface area contributed by atoms with E-state index in [9.17, 15) is 9.18 Å². The Kier molecular flexibility index (Phi) is 7.52. The van der Waals surface area contributed by atoms with Crippen molar-refractivity contribution in [2.45, 2.75) is 45.3 Å². The van der Waals surface area contributed by atoms with Gasteiger partial charge in [0.1, 0.15) is 18.2 Å². The van der Waals surface area contributed by atoms with Gasteiger partial charge in [-0.05, 0) is 84.1 Å². The number of carbonyl (C=O) groups excluding carboxylic acids is 1. The highest BCUT2D eigenvalue weighted by molar-refractivity contribution is 8.18. The SMILES string of the molecule is C[C@H]1CCCC[C@H]1N1C(=O)/C(=C/c2ccc(OCc3cccc(F)c3)cc2)SC1=Nc1ccccc1. The van der Waals surface area contributed by atoms with E-state index in [2.05, 4.69) is 6.92 Å². The van der Waals surface area contributed by atoms with Gasteiger partial charge in [0.05, 0.1) is 10.6 Å². The first-order chi connectivity index (χ1) is 17.6. The molecule has 0 aromatic heterocycles. The molecule has 0 radical (unpaired) electrons. The number of amidine groups is 1. The number of rotatable bonds is 6. The number of benzene rings is 3. The van der Waals surface area contributed by atoms with Crippen LogP contribution in [0.4, 0.5) is 10.1 Å². The van der Waals surface area contributed by atoms with E-state index in [1.54, 1.807) is 6.07 Å². The highest BCUT2D eigenvalue weighted by atomic mass is 32.2. The van der Waals surface area contributed by atoms with Crippen molar-refractivity contribution in [2.24, 2.45) is 10.9 Å². The molecule has 184 valence electrons. The second kappa shape index (κ2) is 11.1. The van der Waals surface area contributed by atoms with Crippen LogP contribution in [0.1, 0.15) is 43.7 Å². The minimum Gasteiger partial charge on any atom is -0.489 e. The molecule has 1 heterocycles. The van der Waals surface area contributed by atoms with Crippen LogP contribution in [0.25, 0.3) is 6.08 Å². The van der Waals surface area contributed by atoms with Gasteiger partial charge in [-0.3, -0.25) is 9.69 Å². The average molecular weight is 501 g/mol. The fraction of sp³-hybridized carbons (Fsp3) is 0.267. The number of thioether (sulfide) groups is 1. The van der Waals surface area contributed by atoms with E-state index >= 15 is 0 Å². The molecule has 3 aromatic rings. The van der Waals surface area contributed by atoms with Gasteiger partial charge in [-0.2, -0.15) is 0 Å². The minimum absolute atomic E-state index is 0.0276. The maximum absolute atomic E-state index is 13.6. The largest absolute Gasteiger partial charge is 0.489 e. The highest BCUT2D eigenvalue weighted by Crippen LogP contribution is 2.40. The van der Waals surface area contributed by atoms with Gasteiger partial charge in [0.15, 0.2) is 5.17 Å². The first-order valence-electron chi connectivity index (χ1n) is 12.4. The number of amides is 1. The molecule has 4 nitrogen and oxygen atoms in total. The zero-order valence-electron chi connectivity index (χ0n) is 20.3. The number of hydrogen-bond donors (Lipinski definition) is 0. The number of ether oxygens (including phenoxy) is 1. The van der Waals surface area contributed by atoms with Crippen molar-refractivity contribution in [3.05, 3.63) is 101 Å². The molecule has 1 aliphatic heterocycles. The Morgan fingerprint density at radius 1 is 1.03 bits per heavy atom. The number of nitrogens with zero attached hydrogens (tertiary/aromatic N) is 2. The third-order valence-electron chi connectivity index (χ3n) is 6.69. The van der Waals surface area contributed by atoms with Crippen molar-refractivity contribution in [1.29, 1.82) is 0 Å². The molecule has 0 unspecified atom stereocenters. The van der Waals surface area contributed by atoms with Gasteiger partial charge in [0.2, 0.25) is 0 Å². The quantitative estimate of drug-likeness (QED) is 0.328. The van der Waals surface area contributed by atoms with Crippen molar-refractivity contribution < 1.29 is 13.9 Å².